The van der Waals surface area contributed by atoms with Crippen LogP contribution in [-0.4, -0.2) is 21.8 Å². The number of benzene rings is 3. The number of fused-ring (bicyclic) bond motifs is 1. The number of hydrogen-bond donors (Lipinski definition) is 2. The van der Waals surface area contributed by atoms with Crippen molar-refractivity contribution in [3.63, 3.8) is 0 Å². The van der Waals surface area contributed by atoms with Crippen LogP contribution in [-0.2, 0) is 9.59 Å². The average molecular weight is 537 g/mol. The van der Waals surface area contributed by atoms with Gasteiger partial charge in [0.2, 0.25) is 17.8 Å². The molecule has 198 valence electrons. The van der Waals surface area contributed by atoms with E-state index in [4.69, 9.17) is 4.74 Å². The van der Waals surface area contributed by atoms with E-state index in [1.54, 1.807) is 42.6 Å². The minimum atomic E-state index is -1.15. The molecule has 1 aliphatic carbocycles. The van der Waals surface area contributed by atoms with E-state index in [2.05, 4.69) is 20.6 Å². The minimum Gasteiger partial charge on any atom is -0.457 e. The normalized spacial score (nSPS) is 13.4. The van der Waals surface area contributed by atoms with E-state index in [1.165, 1.54) is 36.5 Å². The number of nitrogens with one attached hydrogen (secondary N) is 2. The molecule has 5 aromatic rings. The monoisotopic (exact) mass is 536 g/mol. The summed E-state index contributed by atoms with van der Waals surface area (Å²) in [6.07, 6.45) is 3.91. The van der Waals surface area contributed by atoms with E-state index in [0.717, 1.165) is 10.9 Å². The molecule has 7 nitrogen and oxygen atoms in total. The van der Waals surface area contributed by atoms with Gasteiger partial charge in [-0.2, -0.15) is 4.39 Å². The zero-order chi connectivity index (χ0) is 27.7. The van der Waals surface area contributed by atoms with Crippen LogP contribution in [0.15, 0.2) is 97.3 Å². The molecule has 2 heterocycles. The van der Waals surface area contributed by atoms with E-state index < -0.39 is 29.0 Å². The Morgan fingerprint density at radius 2 is 1.35 bits per heavy atom. The number of halogens is 2. The van der Waals surface area contributed by atoms with Gasteiger partial charge in [-0.25, -0.2) is 9.37 Å². The first-order valence-corrected chi connectivity index (χ1v) is 12.6. The van der Waals surface area contributed by atoms with Crippen LogP contribution in [0, 0.1) is 17.2 Å². The SMILES string of the molecule is O=C(Nc1ccc(F)cc1)C1(C(=O)Nc2ccc(Oc3ccnc4cc(-c5ccnc(F)c5)ccc34)cc2)CC1. The van der Waals surface area contributed by atoms with Crippen molar-refractivity contribution in [2.75, 3.05) is 10.6 Å². The molecule has 6 rings (SSSR count). The molecule has 1 saturated carbocycles. The minimum absolute atomic E-state index is 0.397. The van der Waals surface area contributed by atoms with Crippen LogP contribution in [0.4, 0.5) is 20.2 Å². The molecule has 1 fully saturated rings. The predicted octanol–water partition coefficient (Wildman–Crippen LogP) is 6.72. The number of aromatic nitrogens is 2. The highest BCUT2D eigenvalue weighted by atomic mass is 19.1. The van der Waals surface area contributed by atoms with E-state index in [-0.39, 0.29) is 0 Å². The molecule has 0 aliphatic heterocycles. The second-order valence-electron chi connectivity index (χ2n) is 9.53. The summed E-state index contributed by atoms with van der Waals surface area (Å²) in [6.45, 7) is 0. The number of hydrogen-bond acceptors (Lipinski definition) is 5. The fourth-order valence-corrected chi connectivity index (χ4v) is 4.42. The number of amides is 2. The first-order chi connectivity index (χ1) is 19.4. The van der Waals surface area contributed by atoms with Crippen LogP contribution in [0.25, 0.3) is 22.0 Å². The molecule has 9 heteroatoms. The van der Waals surface area contributed by atoms with Gasteiger partial charge in [0, 0.05) is 35.2 Å². The Balaban J connectivity index is 1.13. The summed E-state index contributed by atoms with van der Waals surface area (Å²) in [6, 6.07) is 22.7. The summed E-state index contributed by atoms with van der Waals surface area (Å²) in [5.41, 5.74) is 1.98. The summed E-state index contributed by atoms with van der Waals surface area (Å²) < 4.78 is 32.8. The molecule has 40 heavy (non-hydrogen) atoms. The molecule has 3 aromatic carbocycles. The van der Waals surface area contributed by atoms with Gasteiger partial charge in [0.05, 0.1) is 5.52 Å². The van der Waals surface area contributed by atoms with E-state index in [0.29, 0.717) is 46.8 Å². The molecule has 1 aliphatic rings. The van der Waals surface area contributed by atoms with Gasteiger partial charge < -0.3 is 15.4 Å². The van der Waals surface area contributed by atoms with Gasteiger partial charge in [-0.3, -0.25) is 14.6 Å². The van der Waals surface area contributed by atoms with Gasteiger partial charge in [-0.15, -0.1) is 0 Å². The van der Waals surface area contributed by atoms with Gasteiger partial charge in [0.1, 0.15) is 22.7 Å². The Labute approximate surface area is 227 Å². The van der Waals surface area contributed by atoms with E-state index in [9.17, 15) is 18.4 Å². The van der Waals surface area contributed by atoms with Crippen LogP contribution >= 0.6 is 0 Å². The van der Waals surface area contributed by atoms with Crippen molar-refractivity contribution in [2.24, 2.45) is 5.41 Å². The third-order valence-corrected chi connectivity index (χ3v) is 6.82. The zero-order valence-corrected chi connectivity index (χ0v) is 21.0. The van der Waals surface area contributed by atoms with Crippen LogP contribution < -0.4 is 15.4 Å². The lowest BCUT2D eigenvalue weighted by Crippen LogP contribution is -2.35. The molecule has 0 bridgehead atoms. The molecule has 0 unspecified atom stereocenters. The Bertz CT molecular complexity index is 1740. The van der Waals surface area contributed by atoms with E-state index >= 15 is 0 Å². The smallest absolute Gasteiger partial charge is 0.240 e. The fraction of sp³-hybridized carbons (Fsp3) is 0.0968. The Morgan fingerprint density at radius 3 is 2.00 bits per heavy atom. The largest absolute Gasteiger partial charge is 0.457 e. The Kier molecular flexibility index (Phi) is 6.39. The molecular weight excluding hydrogens is 514 g/mol. The number of carbonyl (C=O) groups excluding carboxylic acids is 2. The highest BCUT2D eigenvalue weighted by Crippen LogP contribution is 2.47. The lowest BCUT2D eigenvalue weighted by atomic mass is 10.0. The fourth-order valence-electron chi connectivity index (χ4n) is 4.42. The quantitative estimate of drug-likeness (QED) is 0.178. The highest BCUT2D eigenvalue weighted by Gasteiger charge is 2.56. The number of nitrogens with zero attached hydrogens (tertiary/aromatic N) is 2. The van der Waals surface area contributed by atoms with Crippen LogP contribution in [0.5, 0.6) is 11.5 Å². The maximum atomic E-state index is 13.6. The molecule has 2 N–H and O–H groups in total. The van der Waals surface area contributed by atoms with Crippen molar-refractivity contribution in [3.05, 3.63) is 109 Å². The molecule has 0 saturated heterocycles. The molecule has 0 atom stereocenters. The molecule has 0 spiro atoms. The first kappa shape index (κ1) is 25.1. The van der Waals surface area contributed by atoms with Gasteiger partial charge in [0.15, 0.2) is 0 Å². The average Bonchev–Trinajstić information content (AvgIpc) is 3.78. The zero-order valence-electron chi connectivity index (χ0n) is 21.0. The molecule has 2 aromatic heterocycles. The number of pyridine rings is 2. The topological polar surface area (TPSA) is 93.2 Å². The van der Waals surface area contributed by atoms with Crippen molar-refractivity contribution in [1.29, 1.82) is 0 Å². The summed E-state index contributed by atoms with van der Waals surface area (Å²) in [5.74, 6) is -0.647. The second-order valence-corrected chi connectivity index (χ2v) is 9.53. The highest BCUT2D eigenvalue weighted by molar-refractivity contribution is 6.16. The van der Waals surface area contributed by atoms with Gasteiger partial charge in [-0.05, 0) is 96.8 Å². The van der Waals surface area contributed by atoms with Crippen molar-refractivity contribution in [1.82, 2.24) is 9.97 Å². The van der Waals surface area contributed by atoms with Crippen LogP contribution in [0.1, 0.15) is 12.8 Å². The van der Waals surface area contributed by atoms with Crippen molar-refractivity contribution in [2.45, 2.75) is 12.8 Å². The third-order valence-electron chi connectivity index (χ3n) is 6.82. The Morgan fingerprint density at radius 1 is 0.725 bits per heavy atom. The number of carbonyl (C=O) groups is 2. The third kappa shape index (κ3) is 5.09. The summed E-state index contributed by atoms with van der Waals surface area (Å²) in [5, 5.41) is 6.28. The standard InChI is InChI=1S/C31H22F2N4O3/c32-21-2-4-22(5-3-21)36-29(38)31(13-14-31)30(39)37-23-6-8-24(9-7-23)40-27-12-16-34-26-17-19(1-10-25(26)27)20-11-15-35-28(33)18-20/h1-12,15-18H,13-14H2,(H,36,38)(H,37,39). The first-order valence-electron chi connectivity index (χ1n) is 12.6. The maximum absolute atomic E-state index is 13.6. The summed E-state index contributed by atoms with van der Waals surface area (Å²) >= 11 is 0. The summed E-state index contributed by atoms with van der Waals surface area (Å²) in [4.78, 5) is 33.8. The predicted molar refractivity (Wildman–Crippen MR) is 147 cm³/mol. The maximum Gasteiger partial charge on any atom is 0.240 e. The van der Waals surface area contributed by atoms with Crippen LogP contribution in [0.3, 0.4) is 0 Å². The number of anilines is 2. The Hall–Kier alpha value is -5.18. The van der Waals surface area contributed by atoms with E-state index in [1.807, 2.05) is 18.2 Å². The molecular formula is C31H22F2N4O3. The molecule has 0 radical (unpaired) electrons. The van der Waals surface area contributed by atoms with Crippen molar-refractivity contribution >= 4 is 34.1 Å². The number of ether oxygens (including phenoxy) is 1. The summed E-state index contributed by atoms with van der Waals surface area (Å²) in [7, 11) is 0. The van der Waals surface area contributed by atoms with Gasteiger partial charge >= 0.3 is 0 Å². The van der Waals surface area contributed by atoms with Crippen molar-refractivity contribution < 1.29 is 23.1 Å². The number of rotatable bonds is 7. The van der Waals surface area contributed by atoms with Crippen molar-refractivity contribution in [3.8, 4) is 22.6 Å². The lowest BCUT2D eigenvalue weighted by Gasteiger charge is -2.16. The molecule has 2 amide bonds. The van der Waals surface area contributed by atoms with Crippen LogP contribution in [0.2, 0.25) is 0 Å². The van der Waals surface area contributed by atoms with Gasteiger partial charge in [-0.1, -0.05) is 6.07 Å². The second kappa shape index (κ2) is 10.2. The van der Waals surface area contributed by atoms with Gasteiger partial charge in [0.25, 0.3) is 0 Å². The lowest BCUT2D eigenvalue weighted by molar-refractivity contribution is -0.131.